The van der Waals surface area contributed by atoms with Crippen molar-refractivity contribution in [1.29, 1.82) is 0 Å². The second kappa shape index (κ2) is 5.43. The predicted molar refractivity (Wildman–Crippen MR) is 67.7 cm³/mol. The van der Waals surface area contributed by atoms with Gasteiger partial charge < -0.3 is 4.90 Å². The second-order valence-corrected chi connectivity index (χ2v) is 5.28. The minimum atomic E-state index is -4.58. The Morgan fingerprint density at radius 2 is 1.75 bits per heavy atom. The van der Waals surface area contributed by atoms with Gasteiger partial charge in [-0.15, -0.1) is 0 Å². The number of halogens is 4. The van der Waals surface area contributed by atoms with Gasteiger partial charge in [-0.25, -0.2) is 4.79 Å². The standard InChI is InChI=1S/C12H10BrF3N2O2/c13-9-3-1-8(2-4-9)5-17-6-10(19)18(11(17)20)7-12(14,15)16/h1-4H,5-7H2. The van der Waals surface area contributed by atoms with Crippen LogP contribution in [0.1, 0.15) is 5.56 Å². The first-order valence-electron chi connectivity index (χ1n) is 5.67. The molecular formula is C12H10BrF3N2O2. The molecule has 0 atom stereocenters. The molecular weight excluding hydrogens is 341 g/mol. The van der Waals surface area contributed by atoms with E-state index in [1.807, 2.05) is 0 Å². The summed E-state index contributed by atoms with van der Waals surface area (Å²) in [6.07, 6.45) is -4.58. The maximum Gasteiger partial charge on any atom is 0.406 e. The Hall–Kier alpha value is -1.57. The average molecular weight is 351 g/mol. The van der Waals surface area contributed by atoms with Gasteiger partial charge in [-0.05, 0) is 17.7 Å². The van der Waals surface area contributed by atoms with Crippen LogP contribution in [0.2, 0.25) is 0 Å². The lowest BCUT2D eigenvalue weighted by molar-refractivity contribution is -0.151. The monoisotopic (exact) mass is 350 g/mol. The largest absolute Gasteiger partial charge is 0.406 e. The van der Waals surface area contributed by atoms with Crippen LogP contribution in [-0.4, -0.2) is 41.0 Å². The summed E-state index contributed by atoms with van der Waals surface area (Å²) in [4.78, 5) is 24.6. The molecule has 0 aliphatic carbocycles. The lowest BCUT2D eigenvalue weighted by Gasteiger charge is -2.18. The Labute approximate surface area is 121 Å². The van der Waals surface area contributed by atoms with E-state index in [0.29, 0.717) is 0 Å². The zero-order chi connectivity index (χ0) is 14.9. The van der Waals surface area contributed by atoms with Crippen LogP contribution >= 0.6 is 15.9 Å². The van der Waals surface area contributed by atoms with Crippen molar-refractivity contribution in [3.8, 4) is 0 Å². The Balaban J connectivity index is 2.06. The van der Waals surface area contributed by atoms with Gasteiger partial charge in [-0.1, -0.05) is 28.1 Å². The molecule has 0 bridgehead atoms. The Kier molecular flexibility index (Phi) is 4.03. The number of hydrogen-bond donors (Lipinski definition) is 0. The van der Waals surface area contributed by atoms with Crippen LogP contribution in [0.3, 0.4) is 0 Å². The van der Waals surface area contributed by atoms with E-state index < -0.39 is 24.7 Å². The van der Waals surface area contributed by atoms with Gasteiger partial charge in [0.2, 0.25) is 0 Å². The van der Waals surface area contributed by atoms with Crippen molar-refractivity contribution in [3.05, 3.63) is 34.3 Å². The number of nitrogens with zero attached hydrogens (tertiary/aromatic N) is 2. The summed E-state index contributed by atoms with van der Waals surface area (Å²) in [5.41, 5.74) is 0.739. The average Bonchev–Trinajstić information content (AvgIpc) is 2.58. The molecule has 2 rings (SSSR count). The van der Waals surface area contributed by atoms with E-state index in [4.69, 9.17) is 0 Å². The van der Waals surface area contributed by atoms with Gasteiger partial charge in [-0.3, -0.25) is 9.69 Å². The quantitative estimate of drug-likeness (QED) is 0.786. The lowest BCUT2D eigenvalue weighted by Crippen LogP contribution is -2.39. The van der Waals surface area contributed by atoms with Gasteiger partial charge in [0.05, 0.1) is 0 Å². The third kappa shape index (κ3) is 3.50. The van der Waals surface area contributed by atoms with Crippen molar-refractivity contribution in [3.63, 3.8) is 0 Å². The molecule has 0 aromatic heterocycles. The van der Waals surface area contributed by atoms with Crippen molar-refractivity contribution < 1.29 is 22.8 Å². The highest BCUT2D eigenvalue weighted by Crippen LogP contribution is 2.22. The van der Waals surface area contributed by atoms with E-state index in [1.54, 1.807) is 24.3 Å². The van der Waals surface area contributed by atoms with Gasteiger partial charge in [0.1, 0.15) is 13.1 Å². The van der Waals surface area contributed by atoms with Crippen LogP contribution < -0.4 is 0 Å². The molecule has 1 aromatic rings. The number of alkyl halides is 3. The molecule has 1 aliphatic heterocycles. The molecule has 3 amide bonds. The predicted octanol–water partition coefficient (Wildman–Crippen LogP) is 2.78. The van der Waals surface area contributed by atoms with E-state index in [2.05, 4.69) is 15.9 Å². The molecule has 108 valence electrons. The van der Waals surface area contributed by atoms with Gasteiger partial charge >= 0.3 is 12.2 Å². The number of carbonyl (C=O) groups excluding carboxylic acids is 2. The van der Waals surface area contributed by atoms with E-state index in [0.717, 1.165) is 14.9 Å². The molecule has 1 heterocycles. The smallest absolute Gasteiger partial charge is 0.311 e. The fraction of sp³-hybridized carbons (Fsp3) is 0.333. The Morgan fingerprint density at radius 1 is 1.15 bits per heavy atom. The van der Waals surface area contributed by atoms with Crippen molar-refractivity contribution in [2.24, 2.45) is 0 Å². The summed E-state index contributed by atoms with van der Waals surface area (Å²) < 4.78 is 37.7. The van der Waals surface area contributed by atoms with E-state index in [1.165, 1.54) is 0 Å². The van der Waals surface area contributed by atoms with Gasteiger partial charge in [-0.2, -0.15) is 13.2 Å². The number of carbonyl (C=O) groups is 2. The fourth-order valence-corrected chi connectivity index (χ4v) is 2.13. The molecule has 1 aromatic carbocycles. The molecule has 0 unspecified atom stereocenters. The van der Waals surface area contributed by atoms with Crippen LogP contribution in [0.25, 0.3) is 0 Å². The molecule has 0 radical (unpaired) electrons. The number of hydrogen-bond acceptors (Lipinski definition) is 2. The van der Waals surface area contributed by atoms with Crippen molar-refractivity contribution in [2.75, 3.05) is 13.1 Å². The number of rotatable bonds is 3. The lowest BCUT2D eigenvalue weighted by atomic mass is 10.2. The first-order chi connectivity index (χ1) is 9.26. The van der Waals surface area contributed by atoms with Gasteiger partial charge in [0.15, 0.2) is 0 Å². The summed E-state index contributed by atoms with van der Waals surface area (Å²) in [6.45, 7) is -1.77. The number of benzene rings is 1. The Morgan fingerprint density at radius 3 is 2.30 bits per heavy atom. The summed E-state index contributed by atoms with van der Waals surface area (Å²) in [7, 11) is 0. The molecule has 4 nitrogen and oxygen atoms in total. The van der Waals surface area contributed by atoms with Crippen molar-refractivity contribution >= 4 is 27.9 Å². The van der Waals surface area contributed by atoms with E-state index in [9.17, 15) is 22.8 Å². The van der Waals surface area contributed by atoms with Crippen LogP contribution in [0.15, 0.2) is 28.7 Å². The van der Waals surface area contributed by atoms with Gasteiger partial charge in [0, 0.05) is 11.0 Å². The maximum atomic E-state index is 12.3. The van der Waals surface area contributed by atoms with Crippen molar-refractivity contribution in [2.45, 2.75) is 12.7 Å². The highest BCUT2D eigenvalue weighted by Gasteiger charge is 2.42. The van der Waals surface area contributed by atoms with Crippen molar-refractivity contribution in [1.82, 2.24) is 9.80 Å². The first-order valence-corrected chi connectivity index (χ1v) is 6.46. The van der Waals surface area contributed by atoms with Crippen LogP contribution in [0.5, 0.6) is 0 Å². The molecule has 20 heavy (non-hydrogen) atoms. The first kappa shape index (κ1) is 14.8. The molecule has 0 N–H and O–H groups in total. The number of urea groups is 1. The number of amides is 3. The van der Waals surface area contributed by atoms with Crippen LogP contribution in [-0.2, 0) is 11.3 Å². The summed E-state index contributed by atoms with van der Waals surface area (Å²) >= 11 is 3.25. The van der Waals surface area contributed by atoms with E-state index in [-0.39, 0.29) is 18.0 Å². The van der Waals surface area contributed by atoms with Crippen LogP contribution in [0, 0.1) is 0 Å². The number of imide groups is 1. The normalized spacial score (nSPS) is 16.2. The molecule has 0 spiro atoms. The minimum Gasteiger partial charge on any atom is -0.311 e. The molecule has 1 fully saturated rings. The molecule has 1 aliphatic rings. The zero-order valence-electron chi connectivity index (χ0n) is 10.2. The van der Waals surface area contributed by atoms with Crippen LogP contribution in [0.4, 0.5) is 18.0 Å². The fourth-order valence-electron chi connectivity index (χ4n) is 1.86. The topological polar surface area (TPSA) is 40.6 Å². The third-order valence-electron chi connectivity index (χ3n) is 2.75. The zero-order valence-corrected chi connectivity index (χ0v) is 11.7. The SMILES string of the molecule is O=C1CN(Cc2ccc(Br)cc2)C(=O)N1CC(F)(F)F. The summed E-state index contributed by atoms with van der Waals surface area (Å²) in [5.74, 6) is -0.829. The third-order valence-corrected chi connectivity index (χ3v) is 3.28. The highest BCUT2D eigenvalue weighted by atomic mass is 79.9. The summed E-state index contributed by atoms with van der Waals surface area (Å²) in [5, 5.41) is 0. The molecule has 8 heteroatoms. The van der Waals surface area contributed by atoms with E-state index >= 15 is 0 Å². The second-order valence-electron chi connectivity index (χ2n) is 4.36. The molecule has 1 saturated heterocycles. The van der Waals surface area contributed by atoms with Gasteiger partial charge in [0.25, 0.3) is 5.91 Å². The highest BCUT2D eigenvalue weighted by molar-refractivity contribution is 9.10. The molecule has 0 saturated carbocycles. The minimum absolute atomic E-state index is 0.103. The maximum absolute atomic E-state index is 12.3. The Bertz CT molecular complexity index is 530. The summed E-state index contributed by atoms with van der Waals surface area (Å²) in [6, 6.07) is 6.06.